The number of piperazine rings is 1. The van der Waals surface area contributed by atoms with Crippen LogP contribution in [0.15, 0.2) is 54.6 Å². The summed E-state index contributed by atoms with van der Waals surface area (Å²) in [5.41, 5.74) is 8.81. The van der Waals surface area contributed by atoms with Gasteiger partial charge < -0.3 is 31.1 Å². The van der Waals surface area contributed by atoms with E-state index in [1.807, 2.05) is 32.0 Å². The van der Waals surface area contributed by atoms with E-state index in [1.165, 1.54) is 33.4 Å². The molecular formula is C32H33Cl2N7O5S. The Morgan fingerprint density at radius 1 is 1.09 bits per heavy atom. The quantitative estimate of drug-likeness (QED) is 0.196. The molecule has 4 amide bonds. The summed E-state index contributed by atoms with van der Waals surface area (Å²) in [6.45, 7) is 4.08. The van der Waals surface area contributed by atoms with E-state index in [0.717, 1.165) is 15.8 Å². The second kappa shape index (κ2) is 13.1. The highest BCUT2D eigenvalue weighted by atomic mass is 35.5. The lowest BCUT2D eigenvalue weighted by molar-refractivity contribution is -0.158. The third-order valence-electron chi connectivity index (χ3n) is 8.32. The van der Waals surface area contributed by atoms with Gasteiger partial charge in [0, 0.05) is 25.6 Å². The minimum absolute atomic E-state index is 0.0817. The molecule has 246 valence electrons. The maximum absolute atomic E-state index is 14.2. The predicted molar refractivity (Wildman–Crippen MR) is 180 cm³/mol. The third kappa shape index (κ3) is 6.48. The number of fused-ring (bicyclic) bond motifs is 2. The molecule has 3 aromatic carbocycles. The van der Waals surface area contributed by atoms with E-state index in [9.17, 15) is 24.6 Å². The SMILES string of the molecule is CC(C)N(C(=O)NCc1ccc(Cl)c(Cl)c1)N1CC(=O)N2[C@@H](Cc3ccc(O)c(O)c3)C(=O)N(Cc3cccc4sc(N)nc34)C[C@@H]21. The van der Waals surface area contributed by atoms with Crippen molar-refractivity contribution in [1.29, 1.82) is 0 Å². The molecule has 2 aliphatic rings. The van der Waals surface area contributed by atoms with Gasteiger partial charge in [-0.1, -0.05) is 58.8 Å². The summed E-state index contributed by atoms with van der Waals surface area (Å²) in [5.74, 6) is -1.22. The van der Waals surface area contributed by atoms with Crippen LogP contribution >= 0.6 is 34.5 Å². The van der Waals surface area contributed by atoms with Crippen molar-refractivity contribution < 1.29 is 24.6 Å². The number of carbonyl (C=O) groups excluding carboxylic acids is 3. The number of urea groups is 1. The van der Waals surface area contributed by atoms with Crippen molar-refractivity contribution >= 4 is 67.7 Å². The molecule has 6 rings (SSSR count). The number of rotatable bonds is 8. The summed E-state index contributed by atoms with van der Waals surface area (Å²) in [7, 11) is 0. The molecule has 15 heteroatoms. The number of benzene rings is 3. The van der Waals surface area contributed by atoms with E-state index >= 15 is 0 Å². The van der Waals surface area contributed by atoms with Crippen molar-refractivity contribution in [2.24, 2.45) is 0 Å². The number of hydrogen-bond donors (Lipinski definition) is 4. The van der Waals surface area contributed by atoms with Crippen LogP contribution in [0, 0.1) is 0 Å². The number of carbonyl (C=O) groups is 3. The fraction of sp³-hybridized carbons (Fsp3) is 0.312. The van der Waals surface area contributed by atoms with Crippen LogP contribution in [0.3, 0.4) is 0 Å². The second-order valence-corrected chi connectivity index (χ2v) is 13.7. The van der Waals surface area contributed by atoms with Crippen molar-refractivity contribution in [3.8, 4) is 11.5 Å². The van der Waals surface area contributed by atoms with Gasteiger partial charge in [0.15, 0.2) is 16.6 Å². The topological polar surface area (TPSA) is 156 Å². The number of nitrogens with zero attached hydrogens (tertiary/aromatic N) is 5. The van der Waals surface area contributed by atoms with Crippen LogP contribution in [0.4, 0.5) is 9.93 Å². The van der Waals surface area contributed by atoms with Gasteiger partial charge >= 0.3 is 6.03 Å². The molecule has 0 aliphatic carbocycles. The number of hydrazine groups is 1. The van der Waals surface area contributed by atoms with Gasteiger partial charge in [0.05, 0.1) is 33.4 Å². The zero-order valence-corrected chi connectivity index (χ0v) is 27.9. The number of phenols is 2. The number of amides is 4. The number of para-hydroxylation sites is 1. The Morgan fingerprint density at radius 2 is 1.85 bits per heavy atom. The molecule has 1 aromatic heterocycles. The van der Waals surface area contributed by atoms with Gasteiger partial charge in [-0.3, -0.25) is 14.6 Å². The van der Waals surface area contributed by atoms with Crippen LogP contribution in [0.5, 0.6) is 11.5 Å². The van der Waals surface area contributed by atoms with Crippen molar-refractivity contribution in [2.45, 2.75) is 51.6 Å². The summed E-state index contributed by atoms with van der Waals surface area (Å²) in [6.07, 6.45) is -0.591. The van der Waals surface area contributed by atoms with Crippen LogP contribution in [0.2, 0.25) is 10.0 Å². The van der Waals surface area contributed by atoms with Gasteiger partial charge in [0.1, 0.15) is 12.2 Å². The molecule has 47 heavy (non-hydrogen) atoms. The van der Waals surface area contributed by atoms with E-state index in [0.29, 0.717) is 26.3 Å². The molecule has 0 radical (unpaired) electrons. The van der Waals surface area contributed by atoms with Gasteiger partial charge in [-0.05, 0) is 60.9 Å². The molecule has 12 nitrogen and oxygen atoms in total. The first-order valence-corrected chi connectivity index (χ1v) is 16.5. The van der Waals surface area contributed by atoms with Gasteiger partial charge in [-0.15, -0.1) is 0 Å². The number of halogens is 2. The molecule has 2 aliphatic heterocycles. The highest BCUT2D eigenvalue weighted by molar-refractivity contribution is 7.22. The Bertz CT molecular complexity index is 1870. The fourth-order valence-electron chi connectivity index (χ4n) is 6.20. The van der Waals surface area contributed by atoms with E-state index in [4.69, 9.17) is 28.9 Å². The second-order valence-electron chi connectivity index (χ2n) is 11.8. The van der Waals surface area contributed by atoms with E-state index < -0.39 is 18.2 Å². The Labute approximate surface area is 284 Å². The minimum atomic E-state index is -0.941. The Morgan fingerprint density at radius 3 is 2.57 bits per heavy atom. The first kappa shape index (κ1) is 32.6. The number of phenolic OH excluding ortho intramolecular Hbond substituents is 2. The number of nitrogens with two attached hydrogens (primary N) is 1. The van der Waals surface area contributed by atoms with Gasteiger partial charge in [0.25, 0.3) is 0 Å². The zero-order chi connectivity index (χ0) is 33.6. The summed E-state index contributed by atoms with van der Waals surface area (Å²) in [5, 5.41) is 27.4. The molecule has 0 spiro atoms. The van der Waals surface area contributed by atoms with Gasteiger partial charge in [-0.2, -0.15) is 5.01 Å². The predicted octanol–water partition coefficient (Wildman–Crippen LogP) is 4.56. The normalized spacial score (nSPS) is 18.3. The molecular weight excluding hydrogens is 665 g/mol. The Balaban J connectivity index is 1.32. The molecule has 5 N–H and O–H groups in total. The van der Waals surface area contributed by atoms with Crippen molar-refractivity contribution in [3.63, 3.8) is 0 Å². The Kier molecular flexibility index (Phi) is 9.07. The summed E-state index contributed by atoms with van der Waals surface area (Å²) >= 11 is 13.6. The number of nitrogen functional groups attached to an aromatic ring is 1. The number of anilines is 1. The number of aromatic nitrogens is 1. The Hall–Kier alpha value is -4.30. The molecule has 2 atom stereocenters. The minimum Gasteiger partial charge on any atom is -0.504 e. The lowest BCUT2D eigenvalue weighted by Gasteiger charge is -2.47. The third-order valence-corrected chi connectivity index (χ3v) is 9.91. The standard InChI is InChI=1S/C32H33Cl2N7O5S/c1-17(2)41(32(46)36-13-19-6-8-21(33)22(34)10-19)39-16-28(44)40-23(11-18-7-9-24(42)25(43)12-18)30(45)38(15-27(39)40)14-20-4-3-5-26-29(20)37-31(35)47-26/h3-10,12,17,23,27,42-43H,11,13-16H2,1-2H3,(H2,35,37)(H,36,46)/t23-,27+/m0/s1. The first-order valence-electron chi connectivity index (χ1n) is 14.9. The number of hydrogen-bond acceptors (Lipinski definition) is 9. The van der Waals surface area contributed by atoms with Crippen LogP contribution in [-0.4, -0.2) is 84.2 Å². The summed E-state index contributed by atoms with van der Waals surface area (Å²) in [4.78, 5) is 49.4. The number of nitrogens with one attached hydrogen (secondary N) is 1. The zero-order valence-electron chi connectivity index (χ0n) is 25.6. The highest BCUT2D eigenvalue weighted by Gasteiger charge is 2.52. The van der Waals surface area contributed by atoms with E-state index in [-0.39, 0.29) is 62.0 Å². The van der Waals surface area contributed by atoms with Crippen molar-refractivity contribution in [1.82, 2.24) is 30.1 Å². The van der Waals surface area contributed by atoms with E-state index in [1.54, 1.807) is 34.2 Å². The molecule has 0 unspecified atom stereocenters. The van der Waals surface area contributed by atoms with Crippen LogP contribution < -0.4 is 11.1 Å². The first-order chi connectivity index (χ1) is 22.4. The lowest BCUT2D eigenvalue weighted by atomic mass is 9.99. The highest BCUT2D eigenvalue weighted by Crippen LogP contribution is 2.34. The molecule has 3 heterocycles. The van der Waals surface area contributed by atoms with Gasteiger partial charge in [0.2, 0.25) is 11.8 Å². The lowest BCUT2D eigenvalue weighted by Crippen LogP contribution is -2.66. The van der Waals surface area contributed by atoms with Crippen LogP contribution in [-0.2, 0) is 29.1 Å². The molecule has 4 aromatic rings. The summed E-state index contributed by atoms with van der Waals surface area (Å²) in [6, 6.07) is 13.4. The average Bonchev–Trinajstić information content (AvgIpc) is 3.56. The molecule has 0 saturated carbocycles. The molecule has 2 saturated heterocycles. The average molecular weight is 699 g/mol. The van der Waals surface area contributed by atoms with Crippen LogP contribution in [0.1, 0.15) is 30.5 Å². The maximum atomic E-state index is 14.2. The smallest absolute Gasteiger partial charge is 0.332 e. The van der Waals surface area contributed by atoms with Crippen molar-refractivity contribution in [2.75, 3.05) is 18.8 Å². The van der Waals surface area contributed by atoms with Gasteiger partial charge in [-0.25, -0.2) is 9.78 Å². The van der Waals surface area contributed by atoms with E-state index in [2.05, 4.69) is 10.3 Å². The largest absolute Gasteiger partial charge is 0.504 e. The molecule has 0 bridgehead atoms. The maximum Gasteiger partial charge on any atom is 0.332 e. The molecule has 2 fully saturated rings. The monoisotopic (exact) mass is 697 g/mol. The number of thiazole rings is 1. The number of aromatic hydroxyl groups is 2. The van der Waals surface area contributed by atoms with Crippen molar-refractivity contribution in [3.05, 3.63) is 81.3 Å². The van der Waals surface area contributed by atoms with Crippen LogP contribution in [0.25, 0.3) is 10.2 Å². The summed E-state index contributed by atoms with van der Waals surface area (Å²) < 4.78 is 0.893. The fourth-order valence-corrected chi connectivity index (χ4v) is 7.30.